The number of hydrogen-bond acceptors (Lipinski definition) is 2. The Morgan fingerprint density at radius 2 is 1.62 bits per heavy atom. The smallest absolute Gasteiger partial charge is 0.220 e. The van der Waals surface area contributed by atoms with E-state index in [0.717, 1.165) is 28.8 Å². The Morgan fingerprint density at radius 1 is 0.862 bits per heavy atom. The summed E-state index contributed by atoms with van der Waals surface area (Å²) < 4.78 is 5.80. The minimum Gasteiger partial charge on any atom is -0.489 e. The quantitative estimate of drug-likeness (QED) is 0.449. The van der Waals surface area contributed by atoms with Gasteiger partial charge in [0.1, 0.15) is 12.4 Å². The van der Waals surface area contributed by atoms with Crippen molar-refractivity contribution in [2.45, 2.75) is 26.0 Å². The summed E-state index contributed by atoms with van der Waals surface area (Å²) in [6.07, 6.45) is 3.19. The van der Waals surface area contributed by atoms with Gasteiger partial charge in [0.05, 0.1) is 0 Å². The second-order valence-corrected chi connectivity index (χ2v) is 7.05. The zero-order valence-electron chi connectivity index (χ0n) is 16.2. The average molecular weight is 384 g/mol. The summed E-state index contributed by atoms with van der Waals surface area (Å²) >= 11 is 0. The van der Waals surface area contributed by atoms with Crippen LogP contribution in [0.2, 0.25) is 0 Å². The molecule has 0 aliphatic heterocycles. The minimum atomic E-state index is 0.0553. The van der Waals surface area contributed by atoms with Gasteiger partial charge in [0.25, 0.3) is 0 Å². The lowest BCUT2D eigenvalue weighted by molar-refractivity contribution is -0.121. The first-order valence-corrected chi connectivity index (χ1v) is 9.85. The zero-order chi connectivity index (χ0) is 19.9. The number of H-pyrrole nitrogens is 1. The molecular formula is C25H24N2O2. The van der Waals surface area contributed by atoms with Gasteiger partial charge < -0.3 is 15.0 Å². The Kier molecular flexibility index (Phi) is 5.91. The van der Waals surface area contributed by atoms with E-state index in [2.05, 4.69) is 16.4 Å². The maximum absolute atomic E-state index is 12.2. The van der Waals surface area contributed by atoms with E-state index in [-0.39, 0.29) is 5.91 Å². The van der Waals surface area contributed by atoms with Gasteiger partial charge in [-0.15, -0.1) is 0 Å². The number of aryl methyl sites for hydroxylation is 1. The third kappa shape index (κ3) is 5.05. The van der Waals surface area contributed by atoms with E-state index in [0.29, 0.717) is 19.6 Å². The Balaban J connectivity index is 1.23. The Morgan fingerprint density at radius 3 is 2.45 bits per heavy atom. The molecule has 29 heavy (non-hydrogen) atoms. The van der Waals surface area contributed by atoms with Crippen molar-refractivity contribution in [3.8, 4) is 5.75 Å². The summed E-state index contributed by atoms with van der Waals surface area (Å²) in [6, 6.07) is 26.1. The van der Waals surface area contributed by atoms with Crippen LogP contribution in [0.25, 0.3) is 10.9 Å². The van der Waals surface area contributed by atoms with Gasteiger partial charge in [-0.05, 0) is 41.3 Å². The van der Waals surface area contributed by atoms with Crippen molar-refractivity contribution in [2.75, 3.05) is 0 Å². The van der Waals surface area contributed by atoms with E-state index in [4.69, 9.17) is 4.74 Å². The number of nitrogens with one attached hydrogen (secondary N) is 2. The average Bonchev–Trinajstić information content (AvgIpc) is 3.19. The number of hydrogen-bond donors (Lipinski definition) is 2. The standard InChI is InChI=1S/C25H24N2O2/c28-25(15-12-21-17-26-24-9-5-4-8-23(21)24)27-16-19-10-13-22(14-11-19)29-18-20-6-2-1-3-7-20/h1-11,13-14,17,26H,12,15-16,18H2,(H,27,28). The van der Waals surface area contributed by atoms with Crippen LogP contribution >= 0.6 is 0 Å². The fraction of sp³-hybridized carbons (Fsp3) is 0.160. The number of carbonyl (C=O) groups is 1. The minimum absolute atomic E-state index is 0.0553. The van der Waals surface area contributed by atoms with E-state index in [9.17, 15) is 4.79 Å². The maximum Gasteiger partial charge on any atom is 0.220 e. The molecule has 0 saturated heterocycles. The van der Waals surface area contributed by atoms with Crippen LogP contribution in [0.1, 0.15) is 23.1 Å². The molecule has 0 radical (unpaired) electrons. The van der Waals surface area contributed by atoms with Crippen molar-refractivity contribution >= 4 is 16.8 Å². The van der Waals surface area contributed by atoms with Crippen LogP contribution in [0.3, 0.4) is 0 Å². The van der Waals surface area contributed by atoms with E-state index in [1.54, 1.807) is 0 Å². The molecule has 0 unspecified atom stereocenters. The van der Waals surface area contributed by atoms with Crippen LogP contribution in [0.5, 0.6) is 5.75 Å². The molecule has 2 N–H and O–H groups in total. The van der Waals surface area contributed by atoms with Crippen LogP contribution in [0.4, 0.5) is 0 Å². The Hall–Kier alpha value is -3.53. The molecule has 1 aromatic heterocycles. The Labute approximate surface area is 170 Å². The molecule has 146 valence electrons. The van der Waals surface area contributed by atoms with Gasteiger partial charge in [0.2, 0.25) is 5.91 Å². The number of amides is 1. The molecule has 0 saturated carbocycles. The van der Waals surface area contributed by atoms with Crippen LogP contribution in [-0.2, 0) is 24.4 Å². The topological polar surface area (TPSA) is 54.1 Å². The second kappa shape index (κ2) is 9.11. The van der Waals surface area contributed by atoms with E-state index in [1.165, 1.54) is 10.9 Å². The van der Waals surface area contributed by atoms with Crippen LogP contribution in [0, 0.1) is 0 Å². The van der Waals surface area contributed by atoms with E-state index < -0.39 is 0 Å². The summed E-state index contributed by atoms with van der Waals surface area (Å²) in [6.45, 7) is 1.07. The predicted octanol–water partition coefficient (Wildman–Crippen LogP) is 5.00. The first-order chi connectivity index (χ1) is 14.3. The molecule has 0 fully saturated rings. The van der Waals surface area contributed by atoms with Gasteiger partial charge in [-0.25, -0.2) is 0 Å². The number of rotatable bonds is 8. The van der Waals surface area contributed by atoms with Crippen LogP contribution < -0.4 is 10.1 Å². The number of carbonyl (C=O) groups excluding carboxylic acids is 1. The molecule has 1 heterocycles. The van der Waals surface area contributed by atoms with Crippen molar-refractivity contribution in [2.24, 2.45) is 0 Å². The number of aromatic nitrogens is 1. The lowest BCUT2D eigenvalue weighted by Crippen LogP contribution is -2.22. The number of benzene rings is 3. The lowest BCUT2D eigenvalue weighted by atomic mass is 10.1. The highest BCUT2D eigenvalue weighted by Crippen LogP contribution is 2.19. The van der Waals surface area contributed by atoms with Crippen molar-refractivity contribution in [1.82, 2.24) is 10.3 Å². The Bertz CT molecular complexity index is 1070. The van der Waals surface area contributed by atoms with Crippen LogP contribution in [0.15, 0.2) is 85.1 Å². The molecule has 4 heteroatoms. The van der Waals surface area contributed by atoms with Gasteiger partial charge in [0, 0.05) is 30.1 Å². The lowest BCUT2D eigenvalue weighted by Gasteiger charge is -2.08. The molecule has 0 aliphatic rings. The van der Waals surface area contributed by atoms with Crippen molar-refractivity contribution in [3.63, 3.8) is 0 Å². The van der Waals surface area contributed by atoms with Crippen molar-refractivity contribution in [3.05, 3.63) is 102 Å². The number of fused-ring (bicyclic) bond motifs is 1. The number of ether oxygens (including phenoxy) is 1. The van der Waals surface area contributed by atoms with Gasteiger partial charge in [-0.2, -0.15) is 0 Å². The molecule has 0 spiro atoms. The molecule has 1 amide bonds. The molecule has 0 bridgehead atoms. The monoisotopic (exact) mass is 384 g/mol. The molecule has 0 aliphatic carbocycles. The first-order valence-electron chi connectivity index (χ1n) is 9.85. The summed E-state index contributed by atoms with van der Waals surface area (Å²) in [7, 11) is 0. The first kappa shape index (κ1) is 18.8. The molecule has 4 nitrogen and oxygen atoms in total. The van der Waals surface area contributed by atoms with Gasteiger partial charge >= 0.3 is 0 Å². The van der Waals surface area contributed by atoms with E-state index in [1.807, 2.05) is 79.0 Å². The number of aromatic amines is 1. The third-order valence-electron chi connectivity index (χ3n) is 4.96. The molecule has 4 rings (SSSR count). The fourth-order valence-corrected chi connectivity index (χ4v) is 3.32. The summed E-state index contributed by atoms with van der Waals surface area (Å²) in [5.74, 6) is 0.878. The van der Waals surface area contributed by atoms with Crippen LogP contribution in [-0.4, -0.2) is 10.9 Å². The largest absolute Gasteiger partial charge is 0.489 e. The van der Waals surface area contributed by atoms with Crippen molar-refractivity contribution in [1.29, 1.82) is 0 Å². The third-order valence-corrected chi connectivity index (χ3v) is 4.96. The summed E-state index contributed by atoms with van der Waals surface area (Å²) in [5, 5.41) is 4.18. The maximum atomic E-state index is 12.2. The van der Waals surface area contributed by atoms with Gasteiger partial charge in [-0.1, -0.05) is 60.7 Å². The van der Waals surface area contributed by atoms with E-state index >= 15 is 0 Å². The fourth-order valence-electron chi connectivity index (χ4n) is 3.32. The molecular weight excluding hydrogens is 360 g/mol. The highest BCUT2D eigenvalue weighted by molar-refractivity contribution is 5.84. The van der Waals surface area contributed by atoms with Gasteiger partial charge in [-0.3, -0.25) is 4.79 Å². The summed E-state index contributed by atoms with van der Waals surface area (Å²) in [5.41, 5.74) is 4.48. The molecule has 3 aromatic carbocycles. The second-order valence-electron chi connectivity index (χ2n) is 7.05. The number of para-hydroxylation sites is 1. The van der Waals surface area contributed by atoms with Crippen molar-refractivity contribution < 1.29 is 9.53 Å². The zero-order valence-corrected chi connectivity index (χ0v) is 16.2. The predicted molar refractivity (Wildman–Crippen MR) is 116 cm³/mol. The highest BCUT2D eigenvalue weighted by Gasteiger charge is 2.07. The molecule has 0 atom stereocenters. The molecule has 4 aromatic rings. The normalized spacial score (nSPS) is 10.8. The van der Waals surface area contributed by atoms with Gasteiger partial charge in [0.15, 0.2) is 0 Å². The summed E-state index contributed by atoms with van der Waals surface area (Å²) in [4.78, 5) is 15.5. The SMILES string of the molecule is O=C(CCc1c[nH]c2ccccc12)NCc1ccc(OCc2ccccc2)cc1. The highest BCUT2D eigenvalue weighted by atomic mass is 16.5.